The summed E-state index contributed by atoms with van der Waals surface area (Å²) in [6.45, 7) is 6.85. The number of thioether (sulfide) groups is 2. The van der Waals surface area contributed by atoms with Crippen LogP contribution in [-0.4, -0.2) is 67.2 Å². The molecular weight excluding hydrogens is 482 g/mol. The number of thiazole rings is 1. The van der Waals surface area contributed by atoms with Gasteiger partial charge in [-0.2, -0.15) is 0 Å². The molecule has 4 rings (SSSR count). The monoisotopic (exact) mass is 509 g/mol. The minimum absolute atomic E-state index is 0. The number of carbonyl (C=O) groups is 1. The maximum absolute atomic E-state index is 13.6. The van der Waals surface area contributed by atoms with E-state index in [-0.39, 0.29) is 18.3 Å². The lowest BCUT2D eigenvalue weighted by Crippen LogP contribution is -2.43. The average Bonchev–Trinajstić information content (AvgIpc) is 3.24. The summed E-state index contributed by atoms with van der Waals surface area (Å²) in [5.74, 6) is 0.991. The van der Waals surface area contributed by atoms with Gasteiger partial charge in [-0.05, 0) is 42.3 Å². The van der Waals surface area contributed by atoms with Crippen LogP contribution in [0.3, 0.4) is 0 Å². The number of hydrogen-bond donors (Lipinski definition) is 0. The number of benzene rings is 2. The predicted octanol–water partition coefficient (Wildman–Crippen LogP) is 5.53. The molecule has 32 heavy (non-hydrogen) atoms. The van der Waals surface area contributed by atoms with E-state index in [1.807, 2.05) is 23.1 Å². The Labute approximate surface area is 208 Å². The van der Waals surface area contributed by atoms with Crippen LogP contribution >= 0.6 is 47.3 Å². The second-order valence-electron chi connectivity index (χ2n) is 7.18. The molecule has 3 aromatic rings. The van der Waals surface area contributed by atoms with Crippen molar-refractivity contribution in [3.63, 3.8) is 0 Å². The lowest BCUT2D eigenvalue weighted by Gasteiger charge is -2.29. The van der Waals surface area contributed by atoms with E-state index >= 15 is 0 Å². The molecule has 0 N–H and O–H groups in total. The fourth-order valence-electron chi connectivity index (χ4n) is 3.58. The molecule has 5 nitrogen and oxygen atoms in total. The summed E-state index contributed by atoms with van der Waals surface area (Å²) in [4.78, 5) is 25.0. The Morgan fingerprint density at radius 3 is 2.75 bits per heavy atom. The van der Waals surface area contributed by atoms with E-state index in [9.17, 15) is 4.79 Å². The molecule has 0 aliphatic carbocycles. The molecule has 1 aliphatic heterocycles. The summed E-state index contributed by atoms with van der Waals surface area (Å²) in [5.41, 5.74) is 1.69. The Bertz CT molecular complexity index is 1040. The molecule has 0 radical (unpaired) electrons. The largest absolute Gasteiger partial charge is 0.379 e. The van der Waals surface area contributed by atoms with Crippen LogP contribution in [0.25, 0.3) is 10.2 Å². The van der Waals surface area contributed by atoms with Crippen molar-refractivity contribution >= 4 is 68.5 Å². The molecule has 0 bridgehead atoms. The van der Waals surface area contributed by atoms with Crippen molar-refractivity contribution < 1.29 is 9.53 Å². The zero-order valence-electron chi connectivity index (χ0n) is 18.3. The lowest BCUT2D eigenvalue weighted by atomic mass is 10.2. The molecule has 2 aromatic carbocycles. The van der Waals surface area contributed by atoms with E-state index in [1.54, 1.807) is 34.9 Å². The number of amides is 1. The van der Waals surface area contributed by atoms with Crippen LogP contribution in [0.15, 0.2) is 52.3 Å². The van der Waals surface area contributed by atoms with Crippen LogP contribution in [0.2, 0.25) is 0 Å². The minimum atomic E-state index is 0. The number of para-hydroxylation sites is 1. The van der Waals surface area contributed by atoms with Crippen molar-refractivity contribution in [1.82, 2.24) is 9.88 Å². The quantitative estimate of drug-likeness (QED) is 0.372. The van der Waals surface area contributed by atoms with Crippen LogP contribution in [0.5, 0.6) is 0 Å². The summed E-state index contributed by atoms with van der Waals surface area (Å²) >= 11 is 5.03. The number of hydrogen-bond acceptors (Lipinski definition) is 7. The van der Waals surface area contributed by atoms with E-state index in [0.717, 1.165) is 63.7 Å². The molecule has 0 saturated carbocycles. The molecule has 1 saturated heterocycles. The maximum Gasteiger partial charge on any atom is 0.260 e. The van der Waals surface area contributed by atoms with Gasteiger partial charge in [0, 0.05) is 41.5 Å². The third-order valence-electron chi connectivity index (χ3n) is 5.20. The molecule has 1 fully saturated rings. The van der Waals surface area contributed by atoms with Gasteiger partial charge >= 0.3 is 0 Å². The minimum Gasteiger partial charge on any atom is -0.379 e. The second kappa shape index (κ2) is 12.3. The first-order valence-electron chi connectivity index (χ1n) is 10.5. The van der Waals surface area contributed by atoms with E-state index in [1.165, 1.54) is 0 Å². The third kappa shape index (κ3) is 5.98. The van der Waals surface area contributed by atoms with Gasteiger partial charge in [0.15, 0.2) is 5.13 Å². The first-order valence-corrected chi connectivity index (χ1v) is 13.5. The summed E-state index contributed by atoms with van der Waals surface area (Å²) in [6, 6.07) is 14.2. The van der Waals surface area contributed by atoms with Gasteiger partial charge in [0.2, 0.25) is 0 Å². The molecule has 172 valence electrons. The first kappa shape index (κ1) is 25.3. The Balaban J connectivity index is 0.00000289. The third-order valence-corrected chi connectivity index (χ3v) is 7.89. The lowest BCUT2D eigenvalue weighted by molar-refractivity contribution is 0.0391. The first-order chi connectivity index (χ1) is 15.2. The number of ether oxygens (including phenoxy) is 1. The van der Waals surface area contributed by atoms with Crippen molar-refractivity contribution in [3.05, 3.63) is 48.0 Å². The topological polar surface area (TPSA) is 45.7 Å². The highest BCUT2D eigenvalue weighted by Crippen LogP contribution is 2.34. The molecule has 0 atom stereocenters. The molecule has 1 aliphatic rings. The highest BCUT2D eigenvalue weighted by atomic mass is 35.5. The van der Waals surface area contributed by atoms with Gasteiger partial charge in [-0.25, -0.2) is 4.98 Å². The predicted molar refractivity (Wildman–Crippen MR) is 140 cm³/mol. The van der Waals surface area contributed by atoms with Gasteiger partial charge in [-0.1, -0.05) is 30.4 Å². The number of morpholine rings is 1. The number of halogens is 1. The number of rotatable bonds is 8. The van der Waals surface area contributed by atoms with E-state index in [2.05, 4.69) is 42.3 Å². The molecule has 1 aromatic heterocycles. The van der Waals surface area contributed by atoms with Gasteiger partial charge in [0.1, 0.15) is 0 Å². The Morgan fingerprint density at radius 2 is 2.00 bits per heavy atom. The molecule has 0 spiro atoms. The summed E-state index contributed by atoms with van der Waals surface area (Å²) in [7, 11) is 0. The highest BCUT2D eigenvalue weighted by Gasteiger charge is 2.23. The molecule has 0 unspecified atom stereocenters. The van der Waals surface area contributed by atoms with Gasteiger partial charge in [-0.3, -0.25) is 14.6 Å². The van der Waals surface area contributed by atoms with Crippen molar-refractivity contribution in [2.75, 3.05) is 56.3 Å². The van der Waals surface area contributed by atoms with Crippen LogP contribution in [0, 0.1) is 0 Å². The molecule has 1 amide bonds. The Morgan fingerprint density at radius 1 is 1.22 bits per heavy atom. The number of anilines is 1. The fraction of sp³-hybridized carbons (Fsp3) is 0.391. The van der Waals surface area contributed by atoms with Crippen molar-refractivity contribution in [2.45, 2.75) is 16.7 Å². The van der Waals surface area contributed by atoms with Crippen LogP contribution < -0.4 is 4.90 Å². The normalized spacial score (nSPS) is 14.3. The maximum atomic E-state index is 13.6. The fourth-order valence-corrected chi connectivity index (χ4v) is 5.95. The summed E-state index contributed by atoms with van der Waals surface area (Å²) in [5, 5.41) is 0.767. The van der Waals surface area contributed by atoms with Crippen LogP contribution in [0.1, 0.15) is 17.3 Å². The second-order valence-corrected chi connectivity index (χ2v) is 10.4. The average molecular weight is 510 g/mol. The molecule has 9 heteroatoms. The number of carbonyl (C=O) groups excluding carboxylic acids is 1. The standard InChI is InChI=1S/C23H27N3O2S3.ClH/c1-3-30-18-7-4-6-17(16-18)22(27)26(11-10-25-12-14-28-15-13-25)23-24-21-19(29-2)8-5-9-20(21)31-23;/h4-9,16H,3,10-15H2,1-2H3;1H. The van der Waals surface area contributed by atoms with Crippen molar-refractivity contribution in [1.29, 1.82) is 0 Å². The number of nitrogens with zero attached hydrogens (tertiary/aromatic N) is 3. The van der Waals surface area contributed by atoms with E-state index < -0.39 is 0 Å². The van der Waals surface area contributed by atoms with Crippen LogP contribution in [0.4, 0.5) is 5.13 Å². The molecule has 2 heterocycles. The van der Waals surface area contributed by atoms with E-state index in [0.29, 0.717) is 12.1 Å². The summed E-state index contributed by atoms with van der Waals surface area (Å²) in [6.07, 6.45) is 2.06. The van der Waals surface area contributed by atoms with E-state index in [4.69, 9.17) is 9.72 Å². The zero-order valence-corrected chi connectivity index (χ0v) is 21.5. The number of fused-ring (bicyclic) bond motifs is 1. The van der Waals surface area contributed by atoms with Gasteiger partial charge in [0.05, 0.1) is 23.4 Å². The zero-order chi connectivity index (χ0) is 21.6. The Hall–Kier alpha value is -1.29. The van der Waals surface area contributed by atoms with Crippen molar-refractivity contribution in [2.24, 2.45) is 0 Å². The molecular formula is C23H28ClN3O2S3. The van der Waals surface area contributed by atoms with Crippen molar-refractivity contribution in [3.8, 4) is 0 Å². The van der Waals surface area contributed by atoms with Gasteiger partial charge in [-0.15, -0.1) is 35.9 Å². The smallest absolute Gasteiger partial charge is 0.260 e. The number of aromatic nitrogens is 1. The van der Waals surface area contributed by atoms with Crippen LogP contribution in [-0.2, 0) is 4.74 Å². The highest BCUT2D eigenvalue weighted by molar-refractivity contribution is 7.99. The van der Waals surface area contributed by atoms with Gasteiger partial charge < -0.3 is 4.74 Å². The Kier molecular flexibility index (Phi) is 9.70. The SMILES string of the molecule is CCSc1cccc(C(=O)N(CCN2CCOCC2)c2nc3c(SC)cccc3s2)c1.Cl. The van der Waals surface area contributed by atoms with Gasteiger partial charge in [0.25, 0.3) is 5.91 Å². The summed E-state index contributed by atoms with van der Waals surface area (Å²) < 4.78 is 6.58.